The molecule has 0 aromatic heterocycles. The number of nitrogens with zero attached hydrogens (tertiary/aromatic N) is 2. The van der Waals surface area contributed by atoms with E-state index in [2.05, 4.69) is 4.90 Å². The van der Waals surface area contributed by atoms with Crippen molar-refractivity contribution in [3.8, 4) is 0 Å². The molecule has 13 heavy (non-hydrogen) atoms. The maximum absolute atomic E-state index is 11.6. The second-order valence-corrected chi connectivity index (χ2v) is 4.11. The molecule has 0 aromatic carbocycles. The molecule has 0 radical (unpaired) electrons. The maximum Gasteiger partial charge on any atom is 0.239 e. The number of hydrogen-bond acceptors (Lipinski definition) is 3. The third-order valence-corrected chi connectivity index (χ3v) is 3.10. The largest absolute Gasteiger partial charge is 0.344 e. The number of nitrogens with two attached hydrogens (primary N) is 1. The molecule has 2 atom stereocenters. The van der Waals surface area contributed by atoms with E-state index in [0.717, 1.165) is 32.5 Å². The highest BCUT2D eigenvalue weighted by atomic mass is 16.2. The minimum atomic E-state index is 0.124. The zero-order valence-corrected chi connectivity index (χ0v) is 8.07. The normalized spacial score (nSPS) is 36.2. The van der Waals surface area contributed by atoms with Crippen LogP contribution in [0.15, 0.2) is 0 Å². The quantitative estimate of drug-likeness (QED) is 0.582. The van der Waals surface area contributed by atoms with E-state index in [0.29, 0.717) is 0 Å². The molecule has 2 fully saturated rings. The molecule has 4 nitrogen and oxygen atoms in total. The molecular formula is C9H17N3O. The van der Waals surface area contributed by atoms with E-state index >= 15 is 0 Å². The Hall–Kier alpha value is -0.610. The minimum Gasteiger partial charge on any atom is -0.344 e. The molecule has 74 valence electrons. The van der Waals surface area contributed by atoms with E-state index in [4.69, 9.17) is 5.73 Å². The van der Waals surface area contributed by atoms with Crippen molar-refractivity contribution in [3.05, 3.63) is 0 Å². The summed E-state index contributed by atoms with van der Waals surface area (Å²) in [5.74, 6) is 0.272. The molecule has 2 N–H and O–H groups in total. The first-order valence-corrected chi connectivity index (χ1v) is 4.93. The van der Waals surface area contributed by atoms with Crippen LogP contribution in [0.5, 0.6) is 0 Å². The molecule has 1 amide bonds. The summed E-state index contributed by atoms with van der Waals surface area (Å²) in [6.07, 6.45) is 2.01. The Morgan fingerprint density at radius 3 is 2.62 bits per heavy atom. The Bertz CT molecular complexity index is 219. The van der Waals surface area contributed by atoms with Gasteiger partial charge in [-0.2, -0.15) is 0 Å². The van der Waals surface area contributed by atoms with E-state index in [9.17, 15) is 4.79 Å². The molecule has 0 aromatic rings. The Morgan fingerprint density at radius 1 is 1.38 bits per heavy atom. The van der Waals surface area contributed by atoms with Gasteiger partial charge < -0.3 is 10.6 Å². The highest BCUT2D eigenvalue weighted by Crippen LogP contribution is 2.19. The van der Waals surface area contributed by atoms with E-state index in [-0.39, 0.29) is 18.0 Å². The van der Waals surface area contributed by atoms with Crippen molar-refractivity contribution in [3.63, 3.8) is 0 Å². The summed E-state index contributed by atoms with van der Waals surface area (Å²) in [5, 5.41) is 0. The second-order valence-electron chi connectivity index (χ2n) is 4.11. The van der Waals surface area contributed by atoms with Crippen LogP contribution in [0.4, 0.5) is 0 Å². The Labute approximate surface area is 78.7 Å². The summed E-state index contributed by atoms with van der Waals surface area (Å²) in [6, 6.07) is 0.400. The summed E-state index contributed by atoms with van der Waals surface area (Å²) in [5.41, 5.74) is 5.81. The summed E-state index contributed by atoms with van der Waals surface area (Å²) < 4.78 is 0. The molecule has 2 saturated heterocycles. The van der Waals surface area contributed by atoms with Crippen LogP contribution in [0.2, 0.25) is 0 Å². The standard InChI is InChI=1S/C9H17N3O/c1-11-4-3-8(9(11)13)12-5-2-7(10)6-12/h7-8H,2-6,10H2,1H3/t7-,8-/m1/s1. The van der Waals surface area contributed by atoms with Gasteiger partial charge in [0.15, 0.2) is 0 Å². The molecule has 2 rings (SSSR count). The van der Waals surface area contributed by atoms with Gasteiger partial charge in [-0.15, -0.1) is 0 Å². The lowest BCUT2D eigenvalue weighted by atomic mass is 10.2. The summed E-state index contributed by atoms with van der Waals surface area (Å²) >= 11 is 0. The van der Waals surface area contributed by atoms with Crippen molar-refractivity contribution in [2.24, 2.45) is 5.73 Å². The van der Waals surface area contributed by atoms with Crippen molar-refractivity contribution in [2.45, 2.75) is 24.9 Å². The van der Waals surface area contributed by atoms with Crippen LogP contribution in [0, 0.1) is 0 Å². The van der Waals surface area contributed by atoms with Gasteiger partial charge in [0.1, 0.15) is 0 Å². The average molecular weight is 183 g/mol. The number of carbonyl (C=O) groups excluding carboxylic acids is 1. The highest BCUT2D eigenvalue weighted by Gasteiger charge is 2.36. The zero-order valence-electron chi connectivity index (χ0n) is 8.07. The fourth-order valence-electron chi connectivity index (χ4n) is 2.24. The van der Waals surface area contributed by atoms with E-state index in [1.165, 1.54) is 0 Å². The number of amides is 1. The Balaban J connectivity index is 1.98. The van der Waals surface area contributed by atoms with Crippen LogP contribution in [0.25, 0.3) is 0 Å². The van der Waals surface area contributed by atoms with Crippen molar-refractivity contribution in [1.82, 2.24) is 9.80 Å². The first-order chi connectivity index (χ1) is 6.18. The molecule has 2 aliphatic heterocycles. The summed E-state index contributed by atoms with van der Waals surface area (Å²) in [7, 11) is 1.87. The molecule has 2 aliphatic rings. The molecule has 2 heterocycles. The van der Waals surface area contributed by atoms with Crippen LogP contribution in [0.3, 0.4) is 0 Å². The van der Waals surface area contributed by atoms with Crippen molar-refractivity contribution >= 4 is 5.91 Å². The number of rotatable bonds is 1. The van der Waals surface area contributed by atoms with Crippen molar-refractivity contribution < 1.29 is 4.79 Å². The summed E-state index contributed by atoms with van der Waals surface area (Å²) in [6.45, 7) is 2.78. The lowest BCUT2D eigenvalue weighted by Gasteiger charge is -2.21. The monoisotopic (exact) mass is 183 g/mol. The van der Waals surface area contributed by atoms with Gasteiger partial charge in [-0.25, -0.2) is 0 Å². The van der Waals surface area contributed by atoms with Gasteiger partial charge >= 0.3 is 0 Å². The maximum atomic E-state index is 11.6. The lowest BCUT2D eigenvalue weighted by Crippen LogP contribution is -2.40. The molecular weight excluding hydrogens is 166 g/mol. The fourth-order valence-corrected chi connectivity index (χ4v) is 2.24. The molecule has 0 bridgehead atoms. The SMILES string of the molecule is CN1CC[C@@H](N2CC[C@@H](N)C2)C1=O. The topological polar surface area (TPSA) is 49.6 Å². The van der Waals surface area contributed by atoms with Crippen LogP contribution >= 0.6 is 0 Å². The second kappa shape index (κ2) is 3.27. The number of likely N-dealkylation sites (tertiary alicyclic amines) is 2. The number of carbonyl (C=O) groups is 1. The van der Waals surface area contributed by atoms with Gasteiger partial charge in [0.25, 0.3) is 0 Å². The van der Waals surface area contributed by atoms with E-state index < -0.39 is 0 Å². The van der Waals surface area contributed by atoms with E-state index in [1.807, 2.05) is 11.9 Å². The minimum absolute atomic E-state index is 0.124. The smallest absolute Gasteiger partial charge is 0.239 e. The third-order valence-electron chi connectivity index (χ3n) is 3.10. The highest BCUT2D eigenvalue weighted by molar-refractivity contribution is 5.83. The van der Waals surface area contributed by atoms with Crippen molar-refractivity contribution in [1.29, 1.82) is 0 Å². The Kier molecular flexibility index (Phi) is 2.26. The van der Waals surface area contributed by atoms with Gasteiger partial charge in [-0.05, 0) is 12.8 Å². The van der Waals surface area contributed by atoms with Gasteiger partial charge in [-0.3, -0.25) is 9.69 Å². The summed E-state index contributed by atoms with van der Waals surface area (Å²) in [4.78, 5) is 15.7. The lowest BCUT2D eigenvalue weighted by molar-refractivity contribution is -0.130. The molecule has 0 saturated carbocycles. The van der Waals surface area contributed by atoms with E-state index in [1.54, 1.807) is 0 Å². The van der Waals surface area contributed by atoms with Crippen LogP contribution < -0.4 is 5.73 Å². The zero-order chi connectivity index (χ0) is 9.42. The molecule has 4 heteroatoms. The fraction of sp³-hybridized carbons (Fsp3) is 0.889. The molecule has 0 unspecified atom stereocenters. The number of likely N-dealkylation sites (N-methyl/N-ethyl adjacent to an activating group) is 1. The first kappa shape index (κ1) is 8.97. The van der Waals surface area contributed by atoms with Crippen LogP contribution in [-0.2, 0) is 4.79 Å². The van der Waals surface area contributed by atoms with Crippen molar-refractivity contribution in [2.75, 3.05) is 26.7 Å². The van der Waals surface area contributed by atoms with Crippen LogP contribution in [0.1, 0.15) is 12.8 Å². The third kappa shape index (κ3) is 1.56. The van der Waals surface area contributed by atoms with Gasteiger partial charge in [-0.1, -0.05) is 0 Å². The number of hydrogen-bond donors (Lipinski definition) is 1. The Morgan fingerprint density at radius 2 is 2.15 bits per heavy atom. The van der Waals surface area contributed by atoms with Gasteiger partial charge in [0, 0.05) is 32.7 Å². The first-order valence-electron chi connectivity index (χ1n) is 4.93. The van der Waals surface area contributed by atoms with Gasteiger partial charge in [0.05, 0.1) is 6.04 Å². The van der Waals surface area contributed by atoms with Crippen LogP contribution in [-0.4, -0.2) is 54.5 Å². The predicted octanol–water partition coefficient (Wildman–Crippen LogP) is -0.750. The predicted molar refractivity (Wildman–Crippen MR) is 50.2 cm³/mol. The van der Waals surface area contributed by atoms with Gasteiger partial charge in [0.2, 0.25) is 5.91 Å². The molecule has 0 spiro atoms. The molecule has 0 aliphatic carbocycles. The average Bonchev–Trinajstić information content (AvgIpc) is 2.62.